The predicted molar refractivity (Wildman–Crippen MR) is 76.6 cm³/mol. The van der Waals surface area contributed by atoms with Gasteiger partial charge in [0.2, 0.25) is 0 Å². The lowest BCUT2D eigenvalue weighted by Crippen LogP contribution is -2.44. The first-order chi connectivity index (χ1) is 9.11. The second kappa shape index (κ2) is 6.46. The predicted octanol–water partition coefficient (Wildman–Crippen LogP) is 1.56. The first kappa shape index (κ1) is 14.4. The van der Waals surface area contributed by atoms with Gasteiger partial charge in [-0.1, -0.05) is 6.92 Å². The lowest BCUT2D eigenvalue weighted by Gasteiger charge is -2.39. The van der Waals surface area contributed by atoms with Gasteiger partial charge < -0.3 is 10.8 Å². The van der Waals surface area contributed by atoms with Crippen LogP contribution in [0, 0.1) is 5.92 Å². The highest BCUT2D eigenvalue weighted by atomic mass is 16.3. The Morgan fingerprint density at radius 1 is 1.42 bits per heavy atom. The molecule has 1 fully saturated rings. The maximum Gasteiger partial charge on any atom is 0.0546 e. The van der Waals surface area contributed by atoms with Crippen LogP contribution in [0.4, 0.5) is 0 Å². The minimum absolute atomic E-state index is 0.0855. The van der Waals surface area contributed by atoms with Crippen molar-refractivity contribution >= 4 is 0 Å². The smallest absolute Gasteiger partial charge is 0.0546 e. The molecular formula is C15H25N3O. The van der Waals surface area contributed by atoms with Crippen molar-refractivity contribution in [2.45, 2.75) is 44.4 Å². The minimum atomic E-state index is -0.0855. The molecule has 1 saturated carbocycles. The number of nitrogens with two attached hydrogens (primary N) is 1. The molecule has 2 rings (SSSR count). The number of rotatable bonds is 6. The van der Waals surface area contributed by atoms with Crippen LogP contribution < -0.4 is 5.73 Å². The lowest BCUT2D eigenvalue weighted by molar-refractivity contribution is 0.0197. The lowest BCUT2D eigenvalue weighted by atomic mass is 9.81. The third-order valence-corrected chi connectivity index (χ3v) is 4.16. The number of aliphatic hydroxyl groups excluding tert-OH is 1. The van der Waals surface area contributed by atoms with Gasteiger partial charge in [-0.25, -0.2) is 0 Å². The normalized spacial score (nSPS) is 25.9. The van der Waals surface area contributed by atoms with Gasteiger partial charge in [-0.2, -0.15) is 0 Å². The summed E-state index contributed by atoms with van der Waals surface area (Å²) in [6.07, 6.45) is 6.36. The summed E-state index contributed by atoms with van der Waals surface area (Å²) in [7, 11) is 2.13. The SMILES string of the molecule is CCC(N)C(c1ccncc1)N(C)CC1CC(O)C1. The summed E-state index contributed by atoms with van der Waals surface area (Å²) < 4.78 is 0. The Bertz CT molecular complexity index is 378. The van der Waals surface area contributed by atoms with Gasteiger partial charge in [0.25, 0.3) is 0 Å². The van der Waals surface area contributed by atoms with Gasteiger partial charge in [0, 0.05) is 31.0 Å². The van der Waals surface area contributed by atoms with E-state index in [1.54, 1.807) is 0 Å². The van der Waals surface area contributed by atoms with E-state index in [1.165, 1.54) is 5.56 Å². The Balaban J connectivity index is 2.04. The van der Waals surface area contributed by atoms with Crippen LogP contribution >= 0.6 is 0 Å². The Morgan fingerprint density at radius 3 is 2.58 bits per heavy atom. The maximum absolute atomic E-state index is 9.39. The molecule has 19 heavy (non-hydrogen) atoms. The molecule has 1 aromatic rings. The van der Waals surface area contributed by atoms with Crippen molar-refractivity contribution in [1.29, 1.82) is 0 Å². The zero-order valence-corrected chi connectivity index (χ0v) is 11.9. The molecule has 0 aromatic carbocycles. The van der Waals surface area contributed by atoms with Crippen LogP contribution in [0.2, 0.25) is 0 Å². The molecule has 0 bridgehead atoms. The third kappa shape index (κ3) is 3.53. The zero-order valence-electron chi connectivity index (χ0n) is 11.9. The summed E-state index contributed by atoms with van der Waals surface area (Å²) in [4.78, 5) is 6.41. The summed E-state index contributed by atoms with van der Waals surface area (Å²) in [6, 6.07) is 4.45. The largest absolute Gasteiger partial charge is 0.393 e. The Kier molecular flexibility index (Phi) is 4.91. The van der Waals surface area contributed by atoms with E-state index in [-0.39, 0.29) is 18.2 Å². The first-order valence-corrected chi connectivity index (χ1v) is 7.15. The number of hydrogen-bond donors (Lipinski definition) is 2. The van der Waals surface area contributed by atoms with Crippen LogP contribution in [-0.4, -0.2) is 40.7 Å². The van der Waals surface area contributed by atoms with Crippen LogP contribution in [0.3, 0.4) is 0 Å². The molecule has 0 radical (unpaired) electrons. The van der Waals surface area contributed by atoms with Crippen molar-refractivity contribution in [1.82, 2.24) is 9.88 Å². The molecule has 0 amide bonds. The Morgan fingerprint density at radius 2 is 2.05 bits per heavy atom. The monoisotopic (exact) mass is 263 g/mol. The number of likely N-dealkylation sites (N-methyl/N-ethyl adjacent to an activating group) is 1. The molecule has 1 heterocycles. The van der Waals surface area contributed by atoms with Gasteiger partial charge in [-0.15, -0.1) is 0 Å². The maximum atomic E-state index is 9.39. The fourth-order valence-corrected chi connectivity index (χ4v) is 2.98. The summed E-state index contributed by atoms with van der Waals surface area (Å²) >= 11 is 0. The summed E-state index contributed by atoms with van der Waals surface area (Å²) in [5.41, 5.74) is 7.53. The highest BCUT2D eigenvalue weighted by molar-refractivity contribution is 5.17. The average Bonchev–Trinajstić information content (AvgIpc) is 2.38. The molecule has 2 atom stereocenters. The second-order valence-corrected chi connectivity index (χ2v) is 5.73. The van der Waals surface area contributed by atoms with E-state index in [2.05, 4.69) is 23.9 Å². The number of nitrogens with zero attached hydrogens (tertiary/aromatic N) is 2. The van der Waals surface area contributed by atoms with E-state index in [0.717, 1.165) is 25.8 Å². The molecule has 4 nitrogen and oxygen atoms in total. The number of aromatic nitrogens is 1. The van der Waals surface area contributed by atoms with Gasteiger partial charge in [0.1, 0.15) is 0 Å². The molecule has 3 N–H and O–H groups in total. The van der Waals surface area contributed by atoms with Crippen LogP contribution in [0.1, 0.15) is 37.8 Å². The third-order valence-electron chi connectivity index (χ3n) is 4.16. The molecule has 1 aromatic heterocycles. The van der Waals surface area contributed by atoms with Gasteiger partial charge in [-0.3, -0.25) is 9.88 Å². The van der Waals surface area contributed by atoms with Crippen LogP contribution in [0.15, 0.2) is 24.5 Å². The molecule has 0 spiro atoms. The van der Waals surface area contributed by atoms with Gasteiger partial charge in [-0.05, 0) is 49.9 Å². The first-order valence-electron chi connectivity index (χ1n) is 7.15. The van der Waals surface area contributed by atoms with Crippen molar-refractivity contribution in [3.8, 4) is 0 Å². The highest BCUT2D eigenvalue weighted by Gasteiger charge is 2.31. The molecule has 0 saturated heterocycles. The fraction of sp³-hybridized carbons (Fsp3) is 0.667. The van der Waals surface area contributed by atoms with Crippen LogP contribution in [0.25, 0.3) is 0 Å². The summed E-state index contributed by atoms with van der Waals surface area (Å²) in [5.74, 6) is 0.605. The molecule has 0 aliphatic heterocycles. The molecule has 106 valence electrons. The van der Waals surface area contributed by atoms with Gasteiger partial charge >= 0.3 is 0 Å². The highest BCUT2D eigenvalue weighted by Crippen LogP contribution is 2.31. The van der Waals surface area contributed by atoms with E-state index >= 15 is 0 Å². The molecule has 4 heteroatoms. The van der Waals surface area contributed by atoms with Crippen molar-refractivity contribution in [2.75, 3.05) is 13.6 Å². The van der Waals surface area contributed by atoms with Crippen molar-refractivity contribution in [2.24, 2.45) is 11.7 Å². The van der Waals surface area contributed by atoms with E-state index in [9.17, 15) is 5.11 Å². The second-order valence-electron chi connectivity index (χ2n) is 5.73. The molecule has 1 aliphatic rings. The quantitative estimate of drug-likeness (QED) is 0.817. The number of pyridine rings is 1. The van der Waals surface area contributed by atoms with E-state index in [0.29, 0.717) is 5.92 Å². The topological polar surface area (TPSA) is 62.4 Å². The van der Waals surface area contributed by atoms with Crippen molar-refractivity contribution in [3.63, 3.8) is 0 Å². The summed E-state index contributed by atoms with van der Waals surface area (Å²) in [6.45, 7) is 3.12. The van der Waals surface area contributed by atoms with Crippen molar-refractivity contribution in [3.05, 3.63) is 30.1 Å². The summed E-state index contributed by atoms with van der Waals surface area (Å²) in [5, 5.41) is 9.39. The van der Waals surface area contributed by atoms with Crippen molar-refractivity contribution < 1.29 is 5.11 Å². The Labute approximate surface area is 115 Å². The minimum Gasteiger partial charge on any atom is -0.393 e. The Hall–Kier alpha value is -0.970. The van der Waals surface area contributed by atoms with E-state index < -0.39 is 0 Å². The standard InChI is InChI=1S/C15H25N3O/c1-3-14(16)15(12-4-6-17-7-5-12)18(2)10-11-8-13(19)9-11/h4-7,11,13-15,19H,3,8-10,16H2,1-2H3. The molecule has 1 aliphatic carbocycles. The van der Waals surface area contributed by atoms with Crippen LogP contribution in [-0.2, 0) is 0 Å². The van der Waals surface area contributed by atoms with E-state index in [1.807, 2.05) is 24.5 Å². The number of aliphatic hydroxyl groups is 1. The van der Waals surface area contributed by atoms with E-state index in [4.69, 9.17) is 5.73 Å². The van der Waals surface area contributed by atoms with Crippen LogP contribution in [0.5, 0.6) is 0 Å². The van der Waals surface area contributed by atoms with Gasteiger partial charge in [0.15, 0.2) is 0 Å². The fourth-order valence-electron chi connectivity index (χ4n) is 2.98. The number of hydrogen-bond acceptors (Lipinski definition) is 4. The molecular weight excluding hydrogens is 238 g/mol. The zero-order chi connectivity index (χ0) is 13.8. The average molecular weight is 263 g/mol. The molecule has 2 unspecified atom stereocenters. The van der Waals surface area contributed by atoms with Gasteiger partial charge in [0.05, 0.1) is 6.10 Å².